The molecule has 2 aliphatic rings. The molecule has 2 atom stereocenters. The van der Waals surface area contributed by atoms with E-state index in [1.807, 2.05) is 0 Å². The third kappa shape index (κ3) is 5.11. The molecule has 4 heteroatoms. The molecule has 0 spiro atoms. The first-order chi connectivity index (χ1) is 9.25. The number of nitrogens with zero attached hydrogens (tertiary/aromatic N) is 1. The number of carbonyl (C=O) groups excluding carboxylic acids is 1. The average molecular weight is 267 g/mol. The molecule has 110 valence electrons. The van der Waals surface area contributed by atoms with E-state index in [9.17, 15) is 4.79 Å². The Balaban J connectivity index is 1.59. The fraction of sp³-hybridized carbons (Fsp3) is 0.933. The van der Waals surface area contributed by atoms with Gasteiger partial charge in [-0.15, -0.1) is 0 Å². The van der Waals surface area contributed by atoms with E-state index in [1.54, 1.807) is 0 Å². The molecule has 0 saturated carbocycles. The van der Waals surface area contributed by atoms with Gasteiger partial charge in [0.25, 0.3) is 0 Å². The van der Waals surface area contributed by atoms with Gasteiger partial charge in [-0.2, -0.15) is 0 Å². The minimum absolute atomic E-state index is 0.208. The molecule has 2 rings (SSSR count). The first-order valence-corrected chi connectivity index (χ1v) is 8.00. The zero-order valence-corrected chi connectivity index (χ0v) is 12.3. The Morgan fingerprint density at radius 3 is 3.05 bits per heavy atom. The van der Waals surface area contributed by atoms with Crippen molar-refractivity contribution in [2.75, 3.05) is 26.2 Å². The number of piperidine rings is 1. The van der Waals surface area contributed by atoms with Gasteiger partial charge in [0.2, 0.25) is 5.91 Å². The van der Waals surface area contributed by atoms with E-state index in [0.717, 1.165) is 32.0 Å². The maximum Gasteiger partial charge on any atom is 0.221 e. The summed E-state index contributed by atoms with van der Waals surface area (Å²) in [4.78, 5) is 14.1. The summed E-state index contributed by atoms with van der Waals surface area (Å²) in [5.41, 5.74) is 0. The number of likely N-dealkylation sites (tertiary alicyclic amines) is 1. The molecule has 19 heavy (non-hydrogen) atoms. The Labute approximate surface area is 117 Å². The van der Waals surface area contributed by atoms with Crippen LogP contribution >= 0.6 is 0 Å². The third-order valence-electron chi connectivity index (χ3n) is 4.48. The van der Waals surface area contributed by atoms with Gasteiger partial charge in [-0.25, -0.2) is 0 Å². The van der Waals surface area contributed by atoms with E-state index in [0.29, 0.717) is 12.5 Å². The maximum absolute atomic E-state index is 11.5. The summed E-state index contributed by atoms with van der Waals surface area (Å²) >= 11 is 0. The van der Waals surface area contributed by atoms with Crippen LogP contribution in [0.3, 0.4) is 0 Å². The molecule has 4 nitrogen and oxygen atoms in total. The normalized spacial score (nSPS) is 29.8. The summed E-state index contributed by atoms with van der Waals surface area (Å²) in [5.74, 6) is 0.208. The zero-order valence-electron chi connectivity index (χ0n) is 12.3. The summed E-state index contributed by atoms with van der Waals surface area (Å²) in [6.45, 7) is 6.71. The lowest BCUT2D eigenvalue weighted by atomic mass is 10.0. The van der Waals surface area contributed by atoms with Crippen LogP contribution in [0.4, 0.5) is 0 Å². The molecular formula is C15H29N3O. The molecule has 2 saturated heterocycles. The summed E-state index contributed by atoms with van der Waals surface area (Å²) < 4.78 is 0. The highest BCUT2D eigenvalue weighted by Gasteiger charge is 2.18. The highest BCUT2D eigenvalue weighted by atomic mass is 16.1. The van der Waals surface area contributed by atoms with Gasteiger partial charge < -0.3 is 15.5 Å². The summed E-state index contributed by atoms with van der Waals surface area (Å²) in [6, 6.07) is 1.15. The standard InChI is InChI=1S/C15H29N3O/c1-13-6-2-3-10-18(13)11-5-9-16-14-7-4-8-17-15(19)12-14/h13-14,16H,2-12H2,1H3,(H,17,19). The van der Waals surface area contributed by atoms with Crippen molar-refractivity contribution in [1.29, 1.82) is 0 Å². The van der Waals surface area contributed by atoms with E-state index >= 15 is 0 Å². The minimum Gasteiger partial charge on any atom is -0.356 e. The third-order valence-corrected chi connectivity index (χ3v) is 4.48. The fourth-order valence-electron chi connectivity index (χ4n) is 3.23. The molecule has 2 N–H and O–H groups in total. The summed E-state index contributed by atoms with van der Waals surface area (Å²) in [6.07, 6.45) is 8.19. The lowest BCUT2D eigenvalue weighted by Crippen LogP contribution is -2.40. The molecule has 2 heterocycles. The second-order valence-electron chi connectivity index (χ2n) is 6.08. The van der Waals surface area contributed by atoms with Crippen LogP contribution in [-0.2, 0) is 4.79 Å². The van der Waals surface area contributed by atoms with Crippen LogP contribution in [-0.4, -0.2) is 49.1 Å². The topological polar surface area (TPSA) is 44.4 Å². The Bertz CT molecular complexity index is 283. The predicted molar refractivity (Wildman–Crippen MR) is 78.2 cm³/mol. The molecular weight excluding hydrogens is 238 g/mol. The van der Waals surface area contributed by atoms with Crippen molar-refractivity contribution >= 4 is 5.91 Å². The van der Waals surface area contributed by atoms with Gasteiger partial charge in [0.15, 0.2) is 0 Å². The smallest absolute Gasteiger partial charge is 0.221 e. The number of rotatable bonds is 5. The van der Waals surface area contributed by atoms with Gasteiger partial charge in [-0.1, -0.05) is 6.42 Å². The zero-order chi connectivity index (χ0) is 13.5. The number of carbonyl (C=O) groups is 1. The molecule has 0 aromatic heterocycles. The molecule has 2 aliphatic heterocycles. The summed E-state index contributed by atoms with van der Waals surface area (Å²) in [5, 5.41) is 6.49. The van der Waals surface area contributed by atoms with Crippen LogP contribution < -0.4 is 10.6 Å². The van der Waals surface area contributed by atoms with E-state index < -0.39 is 0 Å². The Morgan fingerprint density at radius 1 is 1.32 bits per heavy atom. The average Bonchev–Trinajstić information content (AvgIpc) is 2.61. The first kappa shape index (κ1) is 14.8. The lowest BCUT2D eigenvalue weighted by Gasteiger charge is -2.33. The van der Waals surface area contributed by atoms with Gasteiger partial charge in [-0.05, 0) is 58.7 Å². The SMILES string of the molecule is CC1CCCCN1CCCNC1CCCNC(=O)C1. The Kier molecular flexibility index (Phi) is 6.11. The quantitative estimate of drug-likeness (QED) is 0.742. The van der Waals surface area contributed by atoms with Crippen LogP contribution in [0.5, 0.6) is 0 Å². The van der Waals surface area contributed by atoms with E-state index in [2.05, 4.69) is 22.5 Å². The van der Waals surface area contributed by atoms with Gasteiger partial charge in [-0.3, -0.25) is 4.79 Å². The van der Waals surface area contributed by atoms with Crippen LogP contribution in [0.1, 0.15) is 51.9 Å². The van der Waals surface area contributed by atoms with Gasteiger partial charge in [0.1, 0.15) is 0 Å². The van der Waals surface area contributed by atoms with Crippen molar-refractivity contribution in [2.45, 2.75) is 64.0 Å². The minimum atomic E-state index is 0.208. The monoisotopic (exact) mass is 267 g/mol. The number of amides is 1. The van der Waals surface area contributed by atoms with Crippen LogP contribution in [0, 0.1) is 0 Å². The van der Waals surface area contributed by atoms with Crippen LogP contribution in [0.25, 0.3) is 0 Å². The molecule has 1 amide bonds. The van der Waals surface area contributed by atoms with Gasteiger partial charge in [0, 0.05) is 25.0 Å². The number of hydrogen-bond acceptors (Lipinski definition) is 3. The van der Waals surface area contributed by atoms with Gasteiger partial charge in [0.05, 0.1) is 0 Å². The van der Waals surface area contributed by atoms with Gasteiger partial charge >= 0.3 is 0 Å². The van der Waals surface area contributed by atoms with Crippen molar-refractivity contribution in [2.24, 2.45) is 0 Å². The van der Waals surface area contributed by atoms with Crippen LogP contribution in [0.2, 0.25) is 0 Å². The molecule has 0 aromatic carbocycles. The second-order valence-corrected chi connectivity index (χ2v) is 6.08. The first-order valence-electron chi connectivity index (χ1n) is 8.00. The Morgan fingerprint density at radius 2 is 2.21 bits per heavy atom. The van der Waals surface area contributed by atoms with Crippen LogP contribution in [0.15, 0.2) is 0 Å². The molecule has 2 fully saturated rings. The summed E-state index contributed by atoms with van der Waals surface area (Å²) in [7, 11) is 0. The highest BCUT2D eigenvalue weighted by molar-refractivity contribution is 5.76. The number of nitrogens with one attached hydrogen (secondary N) is 2. The highest BCUT2D eigenvalue weighted by Crippen LogP contribution is 2.16. The Hall–Kier alpha value is -0.610. The van der Waals surface area contributed by atoms with E-state index in [1.165, 1.54) is 38.8 Å². The van der Waals surface area contributed by atoms with Crippen molar-refractivity contribution in [3.8, 4) is 0 Å². The molecule has 2 unspecified atom stereocenters. The number of hydrogen-bond donors (Lipinski definition) is 2. The predicted octanol–water partition coefficient (Wildman–Crippen LogP) is 1.51. The van der Waals surface area contributed by atoms with Crippen molar-refractivity contribution in [3.05, 3.63) is 0 Å². The second kappa shape index (κ2) is 7.85. The molecule has 0 bridgehead atoms. The molecule has 0 radical (unpaired) electrons. The maximum atomic E-state index is 11.5. The largest absolute Gasteiger partial charge is 0.356 e. The molecule has 0 aromatic rings. The van der Waals surface area contributed by atoms with Crippen molar-refractivity contribution < 1.29 is 4.79 Å². The van der Waals surface area contributed by atoms with Crippen molar-refractivity contribution in [1.82, 2.24) is 15.5 Å². The van der Waals surface area contributed by atoms with E-state index in [-0.39, 0.29) is 5.91 Å². The lowest BCUT2D eigenvalue weighted by molar-refractivity contribution is -0.121. The van der Waals surface area contributed by atoms with Crippen molar-refractivity contribution in [3.63, 3.8) is 0 Å². The molecule has 0 aliphatic carbocycles. The fourth-order valence-corrected chi connectivity index (χ4v) is 3.23. The van der Waals surface area contributed by atoms with E-state index in [4.69, 9.17) is 0 Å².